The lowest BCUT2D eigenvalue weighted by molar-refractivity contribution is -0.115. The minimum absolute atomic E-state index is 0.0932. The van der Waals surface area contributed by atoms with Crippen LogP contribution in [0.25, 0.3) is 5.57 Å². The van der Waals surface area contributed by atoms with Gasteiger partial charge in [-0.2, -0.15) is 0 Å². The fourth-order valence-corrected chi connectivity index (χ4v) is 3.54. The van der Waals surface area contributed by atoms with Gasteiger partial charge in [-0.3, -0.25) is 4.79 Å². The molecule has 24 heavy (non-hydrogen) atoms. The summed E-state index contributed by atoms with van der Waals surface area (Å²) < 4.78 is 1.02. The van der Waals surface area contributed by atoms with Crippen LogP contribution in [-0.4, -0.2) is 11.1 Å². The number of nitrogens with one attached hydrogen (secondary N) is 1. The zero-order valence-electron chi connectivity index (χ0n) is 13.5. The van der Waals surface area contributed by atoms with Crippen LogP contribution >= 0.6 is 27.7 Å². The van der Waals surface area contributed by atoms with Gasteiger partial charge in [-0.25, -0.2) is 4.99 Å². The van der Waals surface area contributed by atoms with Gasteiger partial charge in [0.15, 0.2) is 5.17 Å². The van der Waals surface area contributed by atoms with Crippen molar-refractivity contribution in [3.63, 3.8) is 0 Å². The molecule has 0 atom stereocenters. The Morgan fingerprint density at radius 2 is 1.79 bits per heavy atom. The number of nitrogens with zero attached hydrogens (tertiary/aromatic N) is 1. The first kappa shape index (κ1) is 17.0. The molecular formula is C19H17BrN2OS. The zero-order chi connectivity index (χ0) is 17.1. The third kappa shape index (κ3) is 3.79. The van der Waals surface area contributed by atoms with Crippen molar-refractivity contribution < 1.29 is 4.79 Å². The van der Waals surface area contributed by atoms with E-state index in [-0.39, 0.29) is 5.91 Å². The molecule has 1 heterocycles. The number of aryl methyl sites for hydroxylation is 1. The lowest BCUT2D eigenvalue weighted by Crippen LogP contribution is -2.19. The number of thioether (sulfide) groups is 1. The van der Waals surface area contributed by atoms with E-state index >= 15 is 0 Å². The van der Waals surface area contributed by atoms with Crippen molar-refractivity contribution in [2.75, 3.05) is 0 Å². The van der Waals surface area contributed by atoms with Crippen LogP contribution in [0, 0.1) is 0 Å². The van der Waals surface area contributed by atoms with Crippen LogP contribution in [0.5, 0.6) is 0 Å². The number of amides is 1. The van der Waals surface area contributed by atoms with E-state index < -0.39 is 0 Å². The number of aliphatic imine (C=N–C) groups is 1. The van der Waals surface area contributed by atoms with Crippen molar-refractivity contribution >= 4 is 50.0 Å². The van der Waals surface area contributed by atoms with Gasteiger partial charge in [0, 0.05) is 4.47 Å². The fourth-order valence-electron chi connectivity index (χ4n) is 2.37. The number of carbonyl (C=O) groups is 1. The molecule has 1 aliphatic heterocycles. The van der Waals surface area contributed by atoms with Crippen LogP contribution in [0.15, 0.2) is 62.9 Å². The van der Waals surface area contributed by atoms with Gasteiger partial charge in [0.2, 0.25) is 0 Å². The summed E-state index contributed by atoms with van der Waals surface area (Å²) in [5, 5.41) is 3.47. The number of allylic oxidation sites excluding steroid dienone is 1. The molecule has 122 valence electrons. The van der Waals surface area contributed by atoms with Gasteiger partial charge >= 0.3 is 0 Å². The predicted molar refractivity (Wildman–Crippen MR) is 105 cm³/mol. The molecule has 0 bridgehead atoms. The molecule has 1 saturated heterocycles. The Balaban J connectivity index is 1.85. The highest BCUT2D eigenvalue weighted by atomic mass is 79.9. The van der Waals surface area contributed by atoms with Crippen molar-refractivity contribution in [3.8, 4) is 0 Å². The Hall–Kier alpha value is -1.85. The van der Waals surface area contributed by atoms with E-state index in [1.165, 1.54) is 17.3 Å². The molecule has 0 unspecified atom stereocenters. The molecule has 0 saturated carbocycles. The largest absolute Gasteiger partial charge is 0.300 e. The molecule has 0 radical (unpaired) electrons. The maximum atomic E-state index is 12.3. The second kappa shape index (κ2) is 7.36. The molecule has 0 aliphatic carbocycles. The molecular weight excluding hydrogens is 384 g/mol. The van der Waals surface area contributed by atoms with Crippen molar-refractivity contribution in [2.24, 2.45) is 4.99 Å². The third-order valence-electron chi connectivity index (χ3n) is 3.82. The summed E-state index contributed by atoms with van der Waals surface area (Å²) in [5.41, 5.74) is 4.10. The van der Waals surface area contributed by atoms with Crippen LogP contribution in [0.3, 0.4) is 0 Å². The van der Waals surface area contributed by atoms with Crippen molar-refractivity contribution in [2.45, 2.75) is 20.3 Å². The molecule has 0 spiro atoms. The van der Waals surface area contributed by atoms with E-state index in [0.29, 0.717) is 10.1 Å². The first-order valence-electron chi connectivity index (χ1n) is 7.70. The smallest absolute Gasteiger partial charge is 0.264 e. The molecule has 5 heteroatoms. The summed E-state index contributed by atoms with van der Waals surface area (Å²) in [4.78, 5) is 17.5. The van der Waals surface area contributed by atoms with Gasteiger partial charge in [0.05, 0.1) is 10.6 Å². The third-order valence-corrected chi connectivity index (χ3v) is 5.43. The van der Waals surface area contributed by atoms with E-state index in [9.17, 15) is 4.79 Å². The van der Waals surface area contributed by atoms with Gasteiger partial charge in [-0.15, -0.1) is 0 Å². The van der Waals surface area contributed by atoms with E-state index in [4.69, 9.17) is 0 Å². The lowest BCUT2D eigenvalue weighted by Gasteiger charge is -2.03. The minimum Gasteiger partial charge on any atom is -0.300 e. The zero-order valence-corrected chi connectivity index (χ0v) is 15.9. The molecule has 1 N–H and O–H groups in total. The number of benzene rings is 2. The Kier molecular flexibility index (Phi) is 5.21. The highest BCUT2D eigenvalue weighted by Crippen LogP contribution is 2.33. The summed E-state index contributed by atoms with van der Waals surface area (Å²) in [7, 11) is 0. The highest BCUT2D eigenvalue weighted by Gasteiger charge is 2.26. The summed E-state index contributed by atoms with van der Waals surface area (Å²) in [6.45, 7) is 4.08. The van der Waals surface area contributed by atoms with Crippen LogP contribution in [-0.2, 0) is 11.2 Å². The van der Waals surface area contributed by atoms with Crippen LogP contribution in [0.2, 0.25) is 0 Å². The Labute approximate surface area is 154 Å². The predicted octanol–water partition coefficient (Wildman–Crippen LogP) is 5.29. The van der Waals surface area contributed by atoms with Crippen molar-refractivity contribution in [1.82, 2.24) is 5.32 Å². The average molecular weight is 401 g/mol. The Morgan fingerprint density at radius 1 is 1.12 bits per heavy atom. The number of halogens is 1. The second-order valence-corrected chi connectivity index (χ2v) is 7.37. The van der Waals surface area contributed by atoms with E-state index in [1.807, 2.05) is 43.3 Å². The summed E-state index contributed by atoms with van der Waals surface area (Å²) in [6.07, 6.45) is 1.00. The molecule has 2 aromatic carbocycles. The number of rotatable bonds is 3. The standard InChI is InChI=1S/C19H17BrN2OS/c1-3-13-4-10-16(11-5-13)21-19-22-18(23)17(24-19)12(2)14-6-8-15(20)9-7-14/h4-11H,3H2,1-2H3,(H,21,22,23)/b17-12-. The molecule has 1 amide bonds. The maximum absolute atomic E-state index is 12.3. The monoisotopic (exact) mass is 400 g/mol. The van der Waals surface area contributed by atoms with Gasteiger partial charge in [-0.1, -0.05) is 47.1 Å². The first-order valence-corrected chi connectivity index (χ1v) is 9.31. The molecule has 1 fully saturated rings. The van der Waals surface area contributed by atoms with Crippen molar-refractivity contribution in [3.05, 3.63) is 69.0 Å². The van der Waals surface area contributed by atoms with Crippen LogP contribution < -0.4 is 5.32 Å². The van der Waals surface area contributed by atoms with Crippen LogP contribution in [0.4, 0.5) is 5.69 Å². The lowest BCUT2D eigenvalue weighted by atomic mass is 10.1. The van der Waals surface area contributed by atoms with Crippen molar-refractivity contribution in [1.29, 1.82) is 0 Å². The van der Waals surface area contributed by atoms with Crippen LogP contribution in [0.1, 0.15) is 25.0 Å². The van der Waals surface area contributed by atoms with E-state index in [0.717, 1.165) is 27.7 Å². The molecule has 2 aromatic rings. The Bertz CT molecular complexity index is 823. The average Bonchev–Trinajstić information content (AvgIpc) is 2.96. The molecule has 3 nitrogen and oxygen atoms in total. The summed E-state index contributed by atoms with van der Waals surface area (Å²) in [6, 6.07) is 16.0. The normalized spacial score (nSPS) is 18.0. The molecule has 0 aromatic heterocycles. The number of hydrogen-bond donors (Lipinski definition) is 1. The van der Waals surface area contributed by atoms with Gasteiger partial charge in [-0.05, 0) is 66.1 Å². The van der Waals surface area contributed by atoms with Gasteiger partial charge < -0.3 is 5.32 Å². The summed E-state index contributed by atoms with van der Waals surface area (Å²) >= 11 is 4.82. The van der Waals surface area contributed by atoms with E-state index in [2.05, 4.69) is 45.3 Å². The highest BCUT2D eigenvalue weighted by molar-refractivity contribution is 9.10. The quantitative estimate of drug-likeness (QED) is 0.710. The fraction of sp³-hybridized carbons (Fsp3) is 0.158. The number of carbonyl (C=O) groups excluding carboxylic acids is 1. The maximum Gasteiger partial charge on any atom is 0.264 e. The summed E-state index contributed by atoms with van der Waals surface area (Å²) in [5.74, 6) is -0.0932. The first-order chi connectivity index (χ1) is 11.6. The molecule has 1 aliphatic rings. The van der Waals surface area contributed by atoms with Gasteiger partial charge in [0.25, 0.3) is 5.91 Å². The van der Waals surface area contributed by atoms with Gasteiger partial charge in [0.1, 0.15) is 0 Å². The minimum atomic E-state index is -0.0932. The number of hydrogen-bond acceptors (Lipinski definition) is 3. The topological polar surface area (TPSA) is 41.5 Å². The SMILES string of the molecule is CCc1ccc(N=C2NC(=O)/C(=C(\C)c3ccc(Br)cc3)S2)cc1. The number of amidine groups is 1. The van der Waals surface area contributed by atoms with E-state index in [1.54, 1.807) is 0 Å². The molecule has 3 rings (SSSR count). The second-order valence-electron chi connectivity index (χ2n) is 5.45. The Morgan fingerprint density at radius 3 is 2.42 bits per heavy atom.